The molecule has 6 heavy (non-hydrogen) atoms. The molecule has 0 aliphatic heterocycles. The molecule has 0 aromatic carbocycles. The molecule has 0 rings (SSSR count). The summed E-state index contributed by atoms with van der Waals surface area (Å²) in [5, 5.41) is 0. The van der Waals surface area contributed by atoms with Crippen molar-refractivity contribution in [3.63, 3.8) is 0 Å². The summed E-state index contributed by atoms with van der Waals surface area (Å²) in [4.78, 5) is 0. The second-order valence-corrected chi connectivity index (χ2v) is 3.15. The molecule has 1 nitrogen and oxygen atoms in total. The van der Waals surface area contributed by atoms with Crippen LogP contribution < -0.4 is 0 Å². The van der Waals surface area contributed by atoms with Gasteiger partial charge in [0.15, 0.2) is 0 Å². The van der Waals surface area contributed by atoms with E-state index in [4.69, 9.17) is 2.69 Å². The Balaban J connectivity index is 3.17. The van der Waals surface area contributed by atoms with Gasteiger partial charge in [-0.25, -0.2) is 0 Å². The molecule has 0 radical (unpaired) electrons. The molecule has 34 valence electrons. The van der Waals surface area contributed by atoms with Crippen LogP contribution in [0.3, 0.4) is 0 Å². The Kier molecular flexibility index (Phi) is 2.59. The first-order valence-corrected chi connectivity index (χ1v) is 3.77. The van der Waals surface area contributed by atoms with Gasteiger partial charge in [-0.1, -0.05) is 0 Å². The first kappa shape index (κ1) is 6.88. The van der Waals surface area contributed by atoms with Crippen molar-refractivity contribution in [1.82, 2.24) is 0 Å². The van der Waals surface area contributed by atoms with Crippen LogP contribution >= 0.6 is 0 Å². The SMILES string of the molecule is CC(C)(C)[O][Tl]. The second kappa shape index (κ2) is 2.26. The normalized spacial score (nSPS) is 11.7. The molecule has 0 N–H and O–H groups in total. The van der Waals surface area contributed by atoms with E-state index in [2.05, 4.69) is 20.8 Å². The first-order valence-electron chi connectivity index (χ1n) is 1.94. The standard InChI is InChI=1S/C4H9O.Tl/c1-4(2,3)5;/h1-3H3;/q-1;+1. The van der Waals surface area contributed by atoms with Crippen LogP contribution in [0.1, 0.15) is 20.8 Å². The van der Waals surface area contributed by atoms with Crippen molar-refractivity contribution in [2.24, 2.45) is 0 Å². The minimum absolute atomic E-state index is 0.116. The third-order valence-corrected chi connectivity index (χ3v) is 3.10. The molecule has 0 aromatic rings. The van der Waals surface area contributed by atoms with Gasteiger partial charge in [-0.2, -0.15) is 0 Å². The molecule has 0 bridgehead atoms. The number of hydrogen-bond acceptors (Lipinski definition) is 1. The van der Waals surface area contributed by atoms with Crippen LogP contribution in [-0.2, 0) is 2.69 Å². The van der Waals surface area contributed by atoms with Crippen LogP contribution in [0.5, 0.6) is 0 Å². The van der Waals surface area contributed by atoms with Gasteiger partial charge in [-0.05, 0) is 0 Å². The van der Waals surface area contributed by atoms with Crippen LogP contribution in [0.25, 0.3) is 0 Å². The van der Waals surface area contributed by atoms with Crippen LogP contribution in [0.2, 0.25) is 0 Å². The summed E-state index contributed by atoms with van der Waals surface area (Å²) in [6.45, 7) is 6.19. The fraction of sp³-hybridized carbons (Fsp3) is 1.00. The van der Waals surface area contributed by atoms with E-state index in [-0.39, 0.29) is 5.60 Å². The summed E-state index contributed by atoms with van der Waals surface area (Å²) in [5.41, 5.74) is 0.116. The molecule has 0 aliphatic carbocycles. The molecule has 0 atom stereocenters. The molecule has 0 spiro atoms. The minimum atomic E-state index is 0.116. The van der Waals surface area contributed by atoms with Crippen LogP contribution in [0, 0.1) is 0 Å². The number of rotatable bonds is 0. The summed E-state index contributed by atoms with van der Waals surface area (Å²) in [6, 6.07) is 0. The van der Waals surface area contributed by atoms with Gasteiger partial charge >= 0.3 is 55.3 Å². The molecular weight excluding hydrogens is 268 g/mol. The summed E-state index contributed by atoms with van der Waals surface area (Å²) in [5.74, 6) is 0. The second-order valence-electron chi connectivity index (χ2n) is 2.23. The van der Waals surface area contributed by atoms with E-state index in [1.165, 1.54) is 0 Å². The van der Waals surface area contributed by atoms with Gasteiger partial charge in [-0.15, -0.1) is 0 Å². The van der Waals surface area contributed by atoms with Gasteiger partial charge in [0.05, 0.1) is 0 Å². The van der Waals surface area contributed by atoms with E-state index in [9.17, 15) is 0 Å². The fourth-order valence-electron chi connectivity index (χ4n) is 0. The molecule has 0 fully saturated rings. The van der Waals surface area contributed by atoms with Gasteiger partial charge in [0.1, 0.15) is 0 Å². The summed E-state index contributed by atoms with van der Waals surface area (Å²) < 4.78 is 5.10. The zero-order valence-corrected chi connectivity index (χ0v) is 8.97. The van der Waals surface area contributed by atoms with Crippen molar-refractivity contribution in [1.29, 1.82) is 0 Å². The van der Waals surface area contributed by atoms with E-state index in [1.807, 2.05) is 0 Å². The van der Waals surface area contributed by atoms with Gasteiger partial charge in [-0.3, -0.25) is 0 Å². The topological polar surface area (TPSA) is 9.23 Å². The maximum atomic E-state index is 5.10. The fourth-order valence-corrected chi connectivity index (χ4v) is 0. The molecule has 0 unspecified atom stereocenters. The predicted molar refractivity (Wildman–Crippen MR) is 26.6 cm³/mol. The van der Waals surface area contributed by atoms with Crippen molar-refractivity contribution < 1.29 is 2.69 Å². The van der Waals surface area contributed by atoms with Crippen molar-refractivity contribution in [2.75, 3.05) is 0 Å². The average Bonchev–Trinajstić information content (AvgIpc) is 1.35. The Hall–Kier alpha value is 0.882. The molecule has 0 heterocycles. The quantitative estimate of drug-likeness (QED) is 0.598. The summed E-state index contributed by atoms with van der Waals surface area (Å²) in [6.07, 6.45) is 0. The van der Waals surface area contributed by atoms with E-state index in [0.717, 1.165) is 0 Å². The Bertz CT molecular complexity index is 37.3. The third kappa shape index (κ3) is 4.88. The third-order valence-electron chi connectivity index (χ3n) is 0.354. The van der Waals surface area contributed by atoms with Crippen LogP contribution in [0.15, 0.2) is 0 Å². The van der Waals surface area contributed by atoms with Crippen molar-refractivity contribution in [3.8, 4) is 0 Å². The number of hydrogen-bond donors (Lipinski definition) is 0. The Labute approximate surface area is 55.4 Å². The van der Waals surface area contributed by atoms with Gasteiger partial charge in [0, 0.05) is 0 Å². The Morgan fingerprint density at radius 3 is 1.50 bits per heavy atom. The predicted octanol–water partition coefficient (Wildman–Crippen LogP) is 0.885. The molecular formula is C4H9OTl. The van der Waals surface area contributed by atoms with Crippen LogP contribution in [0.4, 0.5) is 0 Å². The van der Waals surface area contributed by atoms with Gasteiger partial charge in [0.25, 0.3) is 0 Å². The molecule has 0 saturated heterocycles. The van der Waals surface area contributed by atoms with Gasteiger partial charge in [0.2, 0.25) is 0 Å². The van der Waals surface area contributed by atoms with E-state index in [0.29, 0.717) is 26.2 Å². The molecule has 0 aliphatic rings. The summed E-state index contributed by atoms with van der Waals surface area (Å²) in [7, 11) is 0. The summed E-state index contributed by atoms with van der Waals surface area (Å²) >= 11 is 0.676. The zero-order valence-electron chi connectivity index (χ0n) is 4.49. The average molecular weight is 277 g/mol. The maximum absolute atomic E-state index is 5.10. The zero-order chi connectivity index (χ0) is 5.21. The Morgan fingerprint density at radius 1 is 1.33 bits per heavy atom. The molecule has 0 amide bonds. The van der Waals surface area contributed by atoms with E-state index < -0.39 is 0 Å². The van der Waals surface area contributed by atoms with E-state index >= 15 is 0 Å². The molecule has 0 saturated carbocycles. The first-order chi connectivity index (χ1) is 2.56. The van der Waals surface area contributed by atoms with E-state index in [1.54, 1.807) is 0 Å². The Morgan fingerprint density at radius 2 is 1.50 bits per heavy atom. The van der Waals surface area contributed by atoms with Crippen molar-refractivity contribution in [2.45, 2.75) is 26.4 Å². The molecule has 2 heteroatoms. The molecule has 0 aromatic heterocycles. The monoisotopic (exact) mass is 278 g/mol. The van der Waals surface area contributed by atoms with Gasteiger partial charge < -0.3 is 0 Å². The van der Waals surface area contributed by atoms with Crippen LogP contribution in [-0.4, -0.2) is 31.8 Å². The van der Waals surface area contributed by atoms with Crippen molar-refractivity contribution >= 4 is 26.2 Å². The van der Waals surface area contributed by atoms with Crippen molar-refractivity contribution in [3.05, 3.63) is 0 Å².